The van der Waals surface area contributed by atoms with Crippen LogP contribution in [0.4, 0.5) is 0 Å². The number of hydrogen-bond donors (Lipinski definition) is 0. The van der Waals surface area contributed by atoms with E-state index in [2.05, 4.69) is 27.1 Å². The van der Waals surface area contributed by atoms with Gasteiger partial charge < -0.3 is 9.42 Å². The number of piperidine rings is 1. The molecular formula is C18H23N5O2. The van der Waals surface area contributed by atoms with Crippen molar-refractivity contribution in [3.8, 4) is 0 Å². The van der Waals surface area contributed by atoms with Gasteiger partial charge in [-0.1, -0.05) is 5.16 Å². The van der Waals surface area contributed by atoms with Crippen LogP contribution in [0.3, 0.4) is 0 Å². The quantitative estimate of drug-likeness (QED) is 0.832. The van der Waals surface area contributed by atoms with Crippen molar-refractivity contribution in [3.05, 3.63) is 41.8 Å². The average molecular weight is 341 g/mol. The number of rotatable bonds is 2. The van der Waals surface area contributed by atoms with Crippen molar-refractivity contribution in [2.24, 2.45) is 5.41 Å². The van der Waals surface area contributed by atoms with Crippen LogP contribution in [0.1, 0.15) is 47.4 Å². The Morgan fingerprint density at radius 2 is 2.00 bits per heavy atom. The lowest BCUT2D eigenvalue weighted by molar-refractivity contribution is 0.0593. The molecule has 0 aromatic carbocycles. The molecule has 2 aliphatic heterocycles. The molecule has 4 heterocycles. The molecular weight excluding hydrogens is 318 g/mol. The molecule has 0 saturated carbocycles. The smallest absolute Gasteiger partial charge is 0.253 e. The van der Waals surface area contributed by atoms with Crippen LogP contribution in [-0.4, -0.2) is 57.5 Å². The molecule has 4 rings (SSSR count). The summed E-state index contributed by atoms with van der Waals surface area (Å²) in [6, 6.07) is 3.77. The fraction of sp³-hybridized carbons (Fsp3) is 0.556. The third kappa shape index (κ3) is 3.04. The van der Waals surface area contributed by atoms with Gasteiger partial charge in [-0.25, -0.2) is 0 Å². The third-order valence-corrected chi connectivity index (χ3v) is 5.62. The summed E-state index contributed by atoms with van der Waals surface area (Å²) in [5, 5.41) is 4.11. The number of nitrogens with zero attached hydrogens (tertiary/aromatic N) is 5. The molecule has 0 aliphatic carbocycles. The molecule has 2 aromatic rings. The summed E-state index contributed by atoms with van der Waals surface area (Å²) in [7, 11) is 2.12. The van der Waals surface area contributed by atoms with Crippen LogP contribution in [0.25, 0.3) is 0 Å². The molecule has 1 unspecified atom stereocenters. The largest absolute Gasteiger partial charge is 0.340 e. The molecule has 1 spiro atoms. The van der Waals surface area contributed by atoms with Crippen molar-refractivity contribution in [2.45, 2.75) is 32.2 Å². The first-order valence-corrected chi connectivity index (χ1v) is 8.76. The van der Waals surface area contributed by atoms with Gasteiger partial charge in [-0.3, -0.25) is 14.7 Å². The van der Waals surface area contributed by atoms with Gasteiger partial charge in [-0.15, -0.1) is 0 Å². The van der Waals surface area contributed by atoms with Crippen molar-refractivity contribution in [1.29, 1.82) is 0 Å². The van der Waals surface area contributed by atoms with E-state index in [0.29, 0.717) is 5.89 Å². The number of carbonyl (C=O) groups excluding carboxylic acids is 1. The predicted octanol–water partition coefficient (Wildman–Crippen LogP) is 2.07. The zero-order valence-corrected chi connectivity index (χ0v) is 14.7. The van der Waals surface area contributed by atoms with Crippen molar-refractivity contribution >= 4 is 5.91 Å². The lowest BCUT2D eigenvalue weighted by Crippen LogP contribution is -2.44. The van der Waals surface area contributed by atoms with Crippen molar-refractivity contribution < 1.29 is 9.32 Å². The second-order valence-electron chi connectivity index (χ2n) is 7.33. The first-order chi connectivity index (χ1) is 12.1. The van der Waals surface area contributed by atoms with E-state index in [-0.39, 0.29) is 17.4 Å². The minimum Gasteiger partial charge on any atom is -0.340 e. The van der Waals surface area contributed by atoms with Gasteiger partial charge in [0.05, 0.1) is 6.04 Å². The van der Waals surface area contributed by atoms with E-state index in [0.717, 1.165) is 50.3 Å². The second kappa shape index (κ2) is 6.22. The highest BCUT2D eigenvalue weighted by Gasteiger charge is 2.46. The second-order valence-corrected chi connectivity index (χ2v) is 7.33. The Hall–Kier alpha value is -2.28. The van der Waals surface area contributed by atoms with Crippen LogP contribution < -0.4 is 0 Å². The maximum absolute atomic E-state index is 12.6. The van der Waals surface area contributed by atoms with E-state index in [4.69, 9.17) is 4.52 Å². The highest BCUT2D eigenvalue weighted by Crippen LogP contribution is 2.47. The van der Waals surface area contributed by atoms with Gasteiger partial charge in [0.1, 0.15) is 0 Å². The summed E-state index contributed by atoms with van der Waals surface area (Å²) in [4.78, 5) is 25.3. The lowest BCUT2D eigenvalue weighted by Gasteiger charge is -2.39. The predicted molar refractivity (Wildman–Crippen MR) is 90.8 cm³/mol. The van der Waals surface area contributed by atoms with Gasteiger partial charge in [-0.05, 0) is 43.9 Å². The highest BCUT2D eigenvalue weighted by atomic mass is 16.5. The zero-order valence-electron chi connectivity index (χ0n) is 14.7. The molecule has 0 radical (unpaired) electrons. The number of amides is 1. The molecule has 2 saturated heterocycles. The minimum atomic E-state index is 0.106. The van der Waals surface area contributed by atoms with E-state index in [1.807, 2.05) is 11.8 Å². The van der Waals surface area contributed by atoms with Gasteiger partial charge in [0.15, 0.2) is 5.82 Å². The lowest BCUT2D eigenvalue weighted by atomic mass is 9.76. The topological polar surface area (TPSA) is 75.4 Å². The molecule has 2 aliphatic rings. The normalized spacial score (nSPS) is 23.3. The van der Waals surface area contributed by atoms with E-state index in [1.54, 1.807) is 24.5 Å². The Labute approximate surface area is 147 Å². The number of hydrogen-bond acceptors (Lipinski definition) is 6. The number of likely N-dealkylation sites (tertiary alicyclic amines) is 2. The molecule has 2 fully saturated rings. The summed E-state index contributed by atoms with van der Waals surface area (Å²) in [6.07, 6.45) is 6.40. The van der Waals surface area contributed by atoms with E-state index in [1.165, 1.54) is 0 Å². The molecule has 25 heavy (non-hydrogen) atoms. The molecule has 1 amide bonds. The molecule has 0 N–H and O–H groups in total. The SMILES string of the molecule is Cc1nc(C2CC3(CCN(C(=O)c4ccncc4)CC3)CN2C)no1. The zero-order chi connectivity index (χ0) is 17.4. The van der Waals surface area contributed by atoms with Crippen LogP contribution in [0, 0.1) is 12.3 Å². The molecule has 132 valence electrons. The summed E-state index contributed by atoms with van der Waals surface area (Å²) in [5.74, 6) is 1.50. The van der Waals surface area contributed by atoms with Crippen LogP contribution in [0.15, 0.2) is 29.0 Å². The van der Waals surface area contributed by atoms with Gasteiger partial charge >= 0.3 is 0 Å². The van der Waals surface area contributed by atoms with E-state index in [9.17, 15) is 4.79 Å². The third-order valence-electron chi connectivity index (χ3n) is 5.62. The standard InChI is InChI=1S/C18H23N5O2/c1-13-20-16(21-25-13)15-11-18(12-22(15)2)5-9-23(10-6-18)17(24)14-3-7-19-8-4-14/h3-4,7-8,15H,5-6,9-12H2,1-2H3. The fourth-order valence-electron chi connectivity index (χ4n) is 4.23. The summed E-state index contributed by atoms with van der Waals surface area (Å²) in [6.45, 7) is 4.44. The number of aryl methyl sites for hydroxylation is 1. The van der Waals surface area contributed by atoms with Gasteiger partial charge in [0, 0.05) is 44.5 Å². The maximum atomic E-state index is 12.6. The molecule has 2 aromatic heterocycles. The van der Waals surface area contributed by atoms with Gasteiger partial charge in [0.2, 0.25) is 5.89 Å². The summed E-state index contributed by atoms with van der Waals surface area (Å²) >= 11 is 0. The average Bonchev–Trinajstić information content (AvgIpc) is 3.19. The monoisotopic (exact) mass is 341 g/mol. The number of carbonyl (C=O) groups is 1. The van der Waals surface area contributed by atoms with Crippen molar-refractivity contribution in [1.82, 2.24) is 24.9 Å². The molecule has 0 bridgehead atoms. The van der Waals surface area contributed by atoms with Crippen LogP contribution >= 0.6 is 0 Å². The van der Waals surface area contributed by atoms with Gasteiger partial charge in [0.25, 0.3) is 5.91 Å². The fourth-order valence-corrected chi connectivity index (χ4v) is 4.23. The molecule has 7 nitrogen and oxygen atoms in total. The Kier molecular flexibility index (Phi) is 4.03. The van der Waals surface area contributed by atoms with Crippen LogP contribution in [0.5, 0.6) is 0 Å². The number of aromatic nitrogens is 3. The Morgan fingerprint density at radius 1 is 1.28 bits per heavy atom. The summed E-state index contributed by atoms with van der Waals surface area (Å²) < 4.78 is 5.15. The molecule has 1 atom stereocenters. The van der Waals surface area contributed by atoms with Crippen molar-refractivity contribution in [3.63, 3.8) is 0 Å². The first kappa shape index (κ1) is 16.2. The maximum Gasteiger partial charge on any atom is 0.253 e. The minimum absolute atomic E-state index is 0.106. The Bertz CT molecular complexity index is 752. The van der Waals surface area contributed by atoms with E-state index < -0.39 is 0 Å². The highest BCUT2D eigenvalue weighted by molar-refractivity contribution is 5.94. The number of pyridine rings is 1. The van der Waals surface area contributed by atoms with Gasteiger partial charge in [-0.2, -0.15) is 4.98 Å². The summed E-state index contributed by atoms with van der Waals surface area (Å²) in [5.41, 5.74) is 0.956. The first-order valence-electron chi connectivity index (χ1n) is 8.76. The van der Waals surface area contributed by atoms with Crippen LogP contribution in [-0.2, 0) is 0 Å². The van der Waals surface area contributed by atoms with Crippen LogP contribution in [0.2, 0.25) is 0 Å². The Balaban J connectivity index is 1.42. The Morgan fingerprint density at radius 3 is 2.64 bits per heavy atom. The molecule has 7 heteroatoms. The van der Waals surface area contributed by atoms with Crippen molar-refractivity contribution in [2.75, 3.05) is 26.7 Å². The van der Waals surface area contributed by atoms with E-state index >= 15 is 0 Å².